The summed E-state index contributed by atoms with van der Waals surface area (Å²) in [7, 11) is -1.52. The van der Waals surface area contributed by atoms with Gasteiger partial charge in [-0.2, -0.15) is 0 Å². The van der Waals surface area contributed by atoms with Crippen molar-refractivity contribution in [2.75, 3.05) is 25.2 Å². The van der Waals surface area contributed by atoms with Crippen molar-refractivity contribution in [3.8, 4) is 0 Å². The highest BCUT2D eigenvalue weighted by Crippen LogP contribution is 2.22. The zero-order chi connectivity index (χ0) is 15.6. The summed E-state index contributed by atoms with van der Waals surface area (Å²) in [5, 5.41) is 0. The molecule has 1 saturated heterocycles. The molecule has 2 heterocycles. The first-order valence-corrected chi connectivity index (χ1v) is 9.60. The molecule has 1 aromatic heterocycles. The summed E-state index contributed by atoms with van der Waals surface area (Å²) in [6.07, 6.45) is 0.427. The minimum atomic E-state index is -3.05. The van der Waals surface area contributed by atoms with Gasteiger partial charge in [-0.3, -0.25) is 4.79 Å². The van der Waals surface area contributed by atoms with Crippen LogP contribution in [0.3, 0.4) is 0 Å². The molecule has 0 radical (unpaired) electrons. The van der Waals surface area contributed by atoms with Gasteiger partial charge in [0.05, 0.1) is 15.3 Å². The molecule has 9 heteroatoms. The Bertz CT molecular complexity index is 654. The molecule has 0 bridgehead atoms. The monoisotopic (exact) mass is 395 g/mol. The molecular weight excluding hydrogens is 382 g/mol. The molecule has 0 unspecified atom stereocenters. The minimum Gasteiger partial charge on any atom is -0.451 e. The van der Waals surface area contributed by atoms with E-state index in [-0.39, 0.29) is 24.2 Å². The molecule has 0 N–H and O–H groups in total. The Morgan fingerprint density at radius 1 is 1.48 bits per heavy atom. The van der Waals surface area contributed by atoms with Gasteiger partial charge in [-0.15, -0.1) is 11.3 Å². The highest BCUT2D eigenvalue weighted by molar-refractivity contribution is 9.11. The number of thiophene rings is 1. The van der Waals surface area contributed by atoms with Crippen molar-refractivity contribution in [3.05, 3.63) is 20.8 Å². The summed E-state index contributed by atoms with van der Waals surface area (Å²) in [4.78, 5) is 25.4. The predicted octanol–water partition coefficient (Wildman–Crippen LogP) is 1.31. The van der Waals surface area contributed by atoms with E-state index >= 15 is 0 Å². The van der Waals surface area contributed by atoms with Crippen molar-refractivity contribution >= 4 is 49.0 Å². The maximum atomic E-state index is 11.9. The fourth-order valence-corrected chi connectivity index (χ4v) is 5.06. The van der Waals surface area contributed by atoms with Gasteiger partial charge in [-0.1, -0.05) is 0 Å². The largest absolute Gasteiger partial charge is 0.451 e. The molecule has 0 saturated carbocycles. The van der Waals surface area contributed by atoms with Crippen molar-refractivity contribution in [1.82, 2.24) is 4.90 Å². The van der Waals surface area contributed by atoms with E-state index in [1.165, 1.54) is 23.3 Å². The molecule has 0 aromatic carbocycles. The number of ether oxygens (including phenoxy) is 1. The molecule has 21 heavy (non-hydrogen) atoms. The third-order valence-electron chi connectivity index (χ3n) is 3.25. The van der Waals surface area contributed by atoms with E-state index in [9.17, 15) is 18.0 Å². The average Bonchev–Trinajstić information content (AvgIpc) is 3.00. The van der Waals surface area contributed by atoms with Crippen LogP contribution in [0.1, 0.15) is 16.1 Å². The van der Waals surface area contributed by atoms with Crippen molar-refractivity contribution in [2.24, 2.45) is 0 Å². The van der Waals surface area contributed by atoms with Crippen molar-refractivity contribution in [1.29, 1.82) is 0 Å². The van der Waals surface area contributed by atoms with Crippen molar-refractivity contribution in [3.63, 3.8) is 0 Å². The molecule has 1 atom stereocenters. The number of halogens is 1. The van der Waals surface area contributed by atoms with E-state index in [0.717, 1.165) is 3.79 Å². The van der Waals surface area contributed by atoms with Crippen LogP contribution in [0.4, 0.5) is 0 Å². The number of esters is 1. The highest BCUT2D eigenvalue weighted by atomic mass is 79.9. The Morgan fingerprint density at radius 3 is 2.71 bits per heavy atom. The Kier molecular flexibility index (Phi) is 5.05. The number of carbonyl (C=O) groups excluding carboxylic acids is 2. The fourth-order valence-electron chi connectivity index (χ4n) is 2.01. The summed E-state index contributed by atoms with van der Waals surface area (Å²) in [6, 6.07) is 2.99. The van der Waals surface area contributed by atoms with Gasteiger partial charge < -0.3 is 9.64 Å². The first-order valence-electron chi connectivity index (χ1n) is 6.17. The zero-order valence-corrected chi connectivity index (χ0v) is 14.5. The third-order valence-corrected chi connectivity index (χ3v) is 6.60. The summed E-state index contributed by atoms with van der Waals surface area (Å²) in [6.45, 7) is -0.388. The minimum absolute atomic E-state index is 0.0267. The van der Waals surface area contributed by atoms with Crippen LogP contribution in [0.2, 0.25) is 0 Å². The second-order valence-electron chi connectivity index (χ2n) is 4.74. The number of sulfone groups is 1. The van der Waals surface area contributed by atoms with Gasteiger partial charge in [0.1, 0.15) is 4.88 Å². The lowest BCUT2D eigenvalue weighted by atomic mass is 10.2. The number of carbonyl (C=O) groups is 2. The smallest absolute Gasteiger partial charge is 0.348 e. The number of nitrogens with zero attached hydrogens (tertiary/aromatic N) is 1. The van der Waals surface area contributed by atoms with Gasteiger partial charge >= 0.3 is 5.97 Å². The summed E-state index contributed by atoms with van der Waals surface area (Å²) < 4.78 is 28.5. The average molecular weight is 396 g/mol. The van der Waals surface area contributed by atoms with E-state index in [1.807, 2.05) is 0 Å². The standard InChI is InChI=1S/C12H14BrNO5S2/c1-14(8-4-5-21(17,18)7-8)11(15)6-19-12(16)9-2-3-10(13)20-9/h2-3,8H,4-7H2,1H3/t8-/m0/s1. The lowest BCUT2D eigenvalue weighted by Crippen LogP contribution is -2.40. The van der Waals surface area contributed by atoms with Crippen LogP contribution in [-0.2, 0) is 19.4 Å². The van der Waals surface area contributed by atoms with Crippen LogP contribution in [0.25, 0.3) is 0 Å². The molecule has 1 aliphatic rings. The van der Waals surface area contributed by atoms with Crippen LogP contribution in [0.5, 0.6) is 0 Å². The molecule has 2 rings (SSSR count). The summed E-state index contributed by atoms with van der Waals surface area (Å²) >= 11 is 4.46. The van der Waals surface area contributed by atoms with Crippen LogP contribution in [0.15, 0.2) is 15.9 Å². The number of hydrogen-bond donors (Lipinski definition) is 0. The maximum absolute atomic E-state index is 11.9. The lowest BCUT2D eigenvalue weighted by Gasteiger charge is -2.23. The first-order chi connectivity index (χ1) is 9.78. The van der Waals surface area contributed by atoms with Gasteiger partial charge in [0.25, 0.3) is 5.91 Å². The van der Waals surface area contributed by atoms with Crippen LogP contribution in [0, 0.1) is 0 Å². The first kappa shape index (κ1) is 16.4. The van der Waals surface area contributed by atoms with E-state index in [2.05, 4.69) is 15.9 Å². The molecule has 0 aliphatic carbocycles. The van der Waals surface area contributed by atoms with Crippen LogP contribution in [-0.4, -0.2) is 56.4 Å². The maximum Gasteiger partial charge on any atom is 0.348 e. The number of amides is 1. The molecule has 1 aliphatic heterocycles. The zero-order valence-electron chi connectivity index (χ0n) is 11.2. The van der Waals surface area contributed by atoms with E-state index < -0.39 is 21.7 Å². The third kappa shape index (κ3) is 4.27. The quantitative estimate of drug-likeness (QED) is 0.717. The second-order valence-corrected chi connectivity index (χ2v) is 9.43. The van der Waals surface area contributed by atoms with Gasteiger partial charge in [-0.05, 0) is 34.5 Å². The Balaban J connectivity index is 1.86. The predicted molar refractivity (Wildman–Crippen MR) is 82.1 cm³/mol. The van der Waals surface area contributed by atoms with Gasteiger partial charge in [0, 0.05) is 13.1 Å². The molecule has 116 valence electrons. The SMILES string of the molecule is CN(C(=O)COC(=O)c1ccc(Br)s1)[C@H]1CCS(=O)(=O)C1. The number of likely N-dealkylation sites (N-methyl/N-ethyl adjacent to an activating group) is 1. The summed E-state index contributed by atoms with van der Waals surface area (Å²) in [5.74, 6) is -0.896. The molecule has 1 amide bonds. The molecule has 6 nitrogen and oxygen atoms in total. The van der Waals surface area contributed by atoms with Crippen LogP contribution >= 0.6 is 27.3 Å². The van der Waals surface area contributed by atoms with E-state index in [0.29, 0.717) is 11.3 Å². The molecule has 1 aromatic rings. The molecule has 1 fully saturated rings. The molecule has 0 spiro atoms. The fraction of sp³-hybridized carbons (Fsp3) is 0.500. The summed E-state index contributed by atoms with van der Waals surface area (Å²) in [5.41, 5.74) is 0. The Hall–Kier alpha value is -0.930. The van der Waals surface area contributed by atoms with Gasteiger partial charge in [0.2, 0.25) is 0 Å². The van der Waals surface area contributed by atoms with E-state index in [1.54, 1.807) is 12.1 Å². The van der Waals surface area contributed by atoms with Gasteiger partial charge in [0.15, 0.2) is 16.4 Å². The van der Waals surface area contributed by atoms with Gasteiger partial charge in [-0.25, -0.2) is 13.2 Å². The lowest BCUT2D eigenvalue weighted by molar-refractivity contribution is -0.134. The van der Waals surface area contributed by atoms with Crippen LogP contribution < -0.4 is 0 Å². The Morgan fingerprint density at radius 2 is 2.19 bits per heavy atom. The van der Waals surface area contributed by atoms with Crippen molar-refractivity contribution < 1.29 is 22.7 Å². The van der Waals surface area contributed by atoms with Crippen molar-refractivity contribution in [2.45, 2.75) is 12.5 Å². The number of rotatable bonds is 4. The van der Waals surface area contributed by atoms with E-state index in [4.69, 9.17) is 4.74 Å². The normalized spacial score (nSPS) is 20.2. The topological polar surface area (TPSA) is 80.8 Å². The Labute approximate surface area is 135 Å². The molecular formula is C12H14BrNO5S2. The number of hydrogen-bond acceptors (Lipinski definition) is 6. The second kappa shape index (κ2) is 6.45. The highest BCUT2D eigenvalue weighted by Gasteiger charge is 2.32.